The van der Waals surface area contributed by atoms with Gasteiger partial charge in [-0.25, -0.2) is 0 Å². The smallest absolute Gasteiger partial charge is 0.230 e. The van der Waals surface area contributed by atoms with Crippen molar-refractivity contribution in [2.75, 3.05) is 40.8 Å². The number of benzene rings is 1. The minimum absolute atomic E-state index is 0. The van der Waals surface area contributed by atoms with Crippen molar-refractivity contribution in [2.24, 2.45) is 10.4 Å². The van der Waals surface area contributed by atoms with Crippen LogP contribution in [0.15, 0.2) is 35.3 Å². The molecule has 0 radical (unpaired) electrons. The Bertz CT molecular complexity index is 710. The second-order valence-electron chi connectivity index (χ2n) is 9.15. The minimum Gasteiger partial charge on any atom is -0.355 e. The number of carbonyl (C=O) groups is 1. The summed E-state index contributed by atoms with van der Waals surface area (Å²) in [5.74, 6) is 1.06. The van der Waals surface area contributed by atoms with Gasteiger partial charge in [0.05, 0.1) is 5.41 Å². The predicted molar refractivity (Wildman–Crippen MR) is 139 cm³/mol. The number of halogens is 1. The monoisotopic (exact) mass is 541 g/mol. The third-order valence-electron chi connectivity index (χ3n) is 6.94. The Kier molecular flexibility index (Phi) is 10.1. The van der Waals surface area contributed by atoms with Crippen LogP contribution in [-0.2, 0) is 4.79 Å². The first-order valence-corrected chi connectivity index (χ1v) is 11.4. The van der Waals surface area contributed by atoms with Crippen LogP contribution in [0.3, 0.4) is 0 Å². The minimum atomic E-state index is -0.282. The lowest BCUT2D eigenvalue weighted by Crippen LogP contribution is -2.52. The first kappa shape index (κ1) is 25.9. The van der Waals surface area contributed by atoms with Gasteiger partial charge in [0.25, 0.3) is 0 Å². The number of hydrogen-bond donors (Lipinski definition) is 2. The molecule has 0 spiro atoms. The van der Waals surface area contributed by atoms with Crippen molar-refractivity contribution in [2.45, 2.75) is 57.5 Å². The predicted octanol–water partition coefficient (Wildman–Crippen LogP) is 3.64. The zero-order valence-electron chi connectivity index (χ0n) is 19.6. The molecule has 0 bridgehead atoms. The van der Waals surface area contributed by atoms with Gasteiger partial charge in [0.15, 0.2) is 5.96 Å². The molecule has 2 N–H and O–H groups in total. The number of guanidine groups is 1. The van der Waals surface area contributed by atoms with E-state index in [0.717, 1.165) is 57.6 Å². The van der Waals surface area contributed by atoms with Crippen molar-refractivity contribution < 1.29 is 4.79 Å². The first-order valence-electron chi connectivity index (χ1n) is 11.4. The van der Waals surface area contributed by atoms with Crippen LogP contribution in [0.2, 0.25) is 0 Å². The number of nitrogens with zero attached hydrogens (tertiary/aromatic N) is 3. The number of hydrogen-bond acceptors (Lipinski definition) is 3. The van der Waals surface area contributed by atoms with E-state index in [1.807, 2.05) is 21.1 Å². The Balaban J connectivity index is 0.00000341. The van der Waals surface area contributed by atoms with E-state index in [9.17, 15) is 4.79 Å². The molecule has 174 valence electrons. The maximum absolute atomic E-state index is 12.8. The highest BCUT2D eigenvalue weighted by atomic mass is 127. The van der Waals surface area contributed by atoms with Crippen LogP contribution >= 0.6 is 24.0 Å². The summed E-state index contributed by atoms with van der Waals surface area (Å²) in [6.45, 7) is 5.11. The average molecular weight is 542 g/mol. The van der Waals surface area contributed by atoms with Gasteiger partial charge >= 0.3 is 0 Å². The number of aliphatic imine (C=N–C) groups is 1. The van der Waals surface area contributed by atoms with Crippen molar-refractivity contribution in [3.8, 4) is 0 Å². The van der Waals surface area contributed by atoms with Gasteiger partial charge in [-0.05, 0) is 38.2 Å². The summed E-state index contributed by atoms with van der Waals surface area (Å²) >= 11 is 0. The number of carbonyl (C=O) groups excluding carboxylic acids is 1. The zero-order valence-corrected chi connectivity index (χ0v) is 21.9. The first-order chi connectivity index (χ1) is 14.4. The molecular formula is C24H40IN5O. The van der Waals surface area contributed by atoms with E-state index in [2.05, 4.69) is 57.8 Å². The van der Waals surface area contributed by atoms with E-state index in [-0.39, 0.29) is 35.3 Å². The highest BCUT2D eigenvalue weighted by Crippen LogP contribution is 2.38. The highest BCUT2D eigenvalue weighted by molar-refractivity contribution is 14.0. The molecule has 1 saturated carbocycles. The van der Waals surface area contributed by atoms with Crippen LogP contribution in [0, 0.1) is 5.41 Å². The van der Waals surface area contributed by atoms with Gasteiger partial charge in [-0.1, -0.05) is 43.2 Å². The molecule has 1 unspecified atom stereocenters. The topological polar surface area (TPSA) is 60.0 Å². The Morgan fingerprint density at radius 3 is 2.35 bits per heavy atom. The molecule has 1 amide bonds. The van der Waals surface area contributed by atoms with E-state index >= 15 is 0 Å². The number of likely N-dealkylation sites (tertiary alicyclic amines) is 1. The summed E-state index contributed by atoms with van der Waals surface area (Å²) in [5, 5.41) is 7.07. The van der Waals surface area contributed by atoms with Crippen LogP contribution < -0.4 is 10.6 Å². The maximum atomic E-state index is 12.8. The van der Waals surface area contributed by atoms with Crippen molar-refractivity contribution in [3.05, 3.63) is 35.9 Å². The van der Waals surface area contributed by atoms with Crippen molar-refractivity contribution in [1.29, 1.82) is 0 Å². The van der Waals surface area contributed by atoms with Crippen LogP contribution in [-0.4, -0.2) is 68.5 Å². The molecule has 1 aliphatic carbocycles. The molecule has 1 aromatic carbocycles. The lowest BCUT2D eigenvalue weighted by molar-refractivity contribution is -0.138. The molecule has 7 heteroatoms. The fourth-order valence-corrected chi connectivity index (χ4v) is 5.01. The normalized spacial score (nSPS) is 20.6. The summed E-state index contributed by atoms with van der Waals surface area (Å²) in [5.41, 5.74) is 1.10. The summed E-state index contributed by atoms with van der Waals surface area (Å²) in [6.07, 6.45) is 6.38. The van der Waals surface area contributed by atoms with Gasteiger partial charge in [0.1, 0.15) is 0 Å². The molecule has 6 nitrogen and oxygen atoms in total. The van der Waals surface area contributed by atoms with E-state index in [1.54, 1.807) is 4.90 Å². The van der Waals surface area contributed by atoms with Crippen LogP contribution in [0.4, 0.5) is 0 Å². The van der Waals surface area contributed by atoms with E-state index in [0.29, 0.717) is 18.6 Å². The summed E-state index contributed by atoms with van der Waals surface area (Å²) < 4.78 is 0. The number of nitrogens with one attached hydrogen (secondary N) is 2. The molecule has 2 fully saturated rings. The SMILES string of the molecule is CN=C(NCC1(C(=O)N(C)C)CCCC1)NC1CCN(C(C)c2ccccc2)CC1.I. The Morgan fingerprint density at radius 1 is 1.19 bits per heavy atom. The molecule has 1 heterocycles. The molecule has 0 aromatic heterocycles. The number of amides is 1. The van der Waals surface area contributed by atoms with Crippen molar-refractivity contribution in [3.63, 3.8) is 0 Å². The fraction of sp³-hybridized carbons (Fsp3) is 0.667. The van der Waals surface area contributed by atoms with Crippen LogP contribution in [0.1, 0.15) is 57.1 Å². The quantitative estimate of drug-likeness (QED) is 0.328. The Labute approximate surface area is 205 Å². The third kappa shape index (κ3) is 6.57. The molecule has 31 heavy (non-hydrogen) atoms. The van der Waals surface area contributed by atoms with Gasteiger partial charge in [-0.15, -0.1) is 24.0 Å². The Morgan fingerprint density at radius 2 is 1.81 bits per heavy atom. The average Bonchev–Trinajstić information content (AvgIpc) is 3.26. The summed E-state index contributed by atoms with van der Waals surface area (Å²) in [6, 6.07) is 11.6. The van der Waals surface area contributed by atoms with Gasteiger partial charge in [0.2, 0.25) is 5.91 Å². The second kappa shape index (κ2) is 12.0. The van der Waals surface area contributed by atoms with Crippen LogP contribution in [0.25, 0.3) is 0 Å². The largest absolute Gasteiger partial charge is 0.355 e. The third-order valence-corrected chi connectivity index (χ3v) is 6.94. The molecule has 1 saturated heterocycles. The van der Waals surface area contributed by atoms with E-state index in [1.165, 1.54) is 5.56 Å². The molecule has 2 aliphatic rings. The van der Waals surface area contributed by atoms with E-state index in [4.69, 9.17) is 0 Å². The van der Waals surface area contributed by atoms with Gasteiger partial charge in [-0.2, -0.15) is 0 Å². The summed E-state index contributed by atoms with van der Waals surface area (Å²) in [4.78, 5) is 21.5. The van der Waals surface area contributed by atoms with Gasteiger partial charge < -0.3 is 15.5 Å². The second-order valence-corrected chi connectivity index (χ2v) is 9.15. The van der Waals surface area contributed by atoms with Gasteiger partial charge in [-0.3, -0.25) is 14.7 Å². The molecule has 1 aromatic rings. The molecular weight excluding hydrogens is 501 g/mol. The highest BCUT2D eigenvalue weighted by Gasteiger charge is 2.42. The molecule has 1 atom stereocenters. The number of piperidine rings is 1. The summed E-state index contributed by atoms with van der Waals surface area (Å²) in [7, 11) is 5.54. The Hall–Kier alpha value is -1.35. The standard InChI is InChI=1S/C24H39N5O.HI/c1-19(20-10-6-5-7-11-20)29-16-12-21(13-17-29)27-23(25-2)26-18-24(14-8-9-15-24)22(30)28(3)4;/h5-7,10-11,19,21H,8-9,12-18H2,1-4H3,(H2,25,26,27);1H. The number of rotatable bonds is 6. The molecule has 1 aliphatic heterocycles. The van der Waals surface area contributed by atoms with Crippen molar-refractivity contribution >= 4 is 35.8 Å². The lowest BCUT2D eigenvalue weighted by Gasteiger charge is -2.37. The van der Waals surface area contributed by atoms with Crippen LogP contribution in [0.5, 0.6) is 0 Å². The molecule has 3 rings (SSSR count). The maximum Gasteiger partial charge on any atom is 0.230 e. The zero-order chi connectivity index (χ0) is 21.6. The fourth-order valence-electron chi connectivity index (χ4n) is 5.01. The van der Waals surface area contributed by atoms with Crippen molar-refractivity contribution in [1.82, 2.24) is 20.4 Å². The lowest BCUT2D eigenvalue weighted by atomic mass is 9.84. The van der Waals surface area contributed by atoms with Gasteiger partial charge in [0, 0.05) is 52.9 Å². The van der Waals surface area contributed by atoms with E-state index < -0.39 is 0 Å².